The van der Waals surface area contributed by atoms with Crippen LogP contribution in [0.5, 0.6) is 0 Å². The van der Waals surface area contributed by atoms with Gasteiger partial charge in [0.25, 0.3) is 0 Å². The first-order valence-corrected chi connectivity index (χ1v) is 6.36. The number of unbranched alkanes of at least 4 members (excludes halogenated alkanes) is 1. The Morgan fingerprint density at radius 2 is 1.86 bits per heavy atom. The number of carbonyl (C=O) groups excluding carboxylic acids is 1. The molecule has 0 saturated heterocycles. The van der Waals surface area contributed by atoms with Crippen molar-refractivity contribution in [3.8, 4) is 0 Å². The van der Waals surface area contributed by atoms with Gasteiger partial charge in [0.1, 0.15) is 5.60 Å². The first kappa shape index (κ1) is 22.4. The van der Waals surface area contributed by atoms with Crippen LogP contribution < -0.4 is 0 Å². The molecule has 0 heterocycles. The quantitative estimate of drug-likeness (QED) is 0.274. The SMILES string of the molecule is [CH2]CC(C)(OC(=O)C=C)C(CCCCC(=O)O)C(=O)O.[NaH]. The molecule has 21 heavy (non-hydrogen) atoms. The van der Waals surface area contributed by atoms with Crippen molar-refractivity contribution in [3.05, 3.63) is 19.6 Å². The van der Waals surface area contributed by atoms with Crippen molar-refractivity contribution in [1.29, 1.82) is 0 Å². The van der Waals surface area contributed by atoms with Gasteiger partial charge in [-0.05, 0) is 33.1 Å². The summed E-state index contributed by atoms with van der Waals surface area (Å²) in [6, 6.07) is 0. The second kappa shape index (κ2) is 10.8. The predicted octanol–water partition coefficient (Wildman–Crippen LogP) is 1.40. The molecule has 2 unspecified atom stereocenters. The Hall–Kier alpha value is -0.850. The monoisotopic (exact) mass is 309 g/mol. The molecule has 0 aromatic carbocycles. The summed E-state index contributed by atoms with van der Waals surface area (Å²) < 4.78 is 5.12. The fraction of sp³-hybridized carbons (Fsp3) is 0.571. The van der Waals surface area contributed by atoms with Crippen LogP contribution in [0.3, 0.4) is 0 Å². The van der Waals surface area contributed by atoms with Crippen LogP contribution in [-0.2, 0) is 19.1 Å². The Bertz CT molecular complexity index is 382. The number of rotatable bonds is 10. The third-order valence-corrected chi connectivity index (χ3v) is 3.17. The van der Waals surface area contributed by atoms with Gasteiger partial charge in [0, 0.05) is 12.5 Å². The van der Waals surface area contributed by atoms with Crippen LogP contribution >= 0.6 is 0 Å². The molecule has 2 atom stereocenters. The van der Waals surface area contributed by atoms with Crippen molar-refractivity contribution in [3.63, 3.8) is 0 Å². The summed E-state index contributed by atoms with van der Waals surface area (Å²) in [7, 11) is 0. The van der Waals surface area contributed by atoms with Gasteiger partial charge in [0.15, 0.2) is 0 Å². The molecule has 0 aromatic heterocycles. The summed E-state index contributed by atoms with van der Waals surface area (Å²) in [6.45, 7) is 8.42. The maximum absolute atomic E-state index is 11.3. The summed E-state index contributed by atoms with van der Waals surface area (Å²) in [5.41, 5.74) is -1.24. The Labute approximate surface area is 146 Å². The normalized spacial score (nSPS) is 14.2. The van der Waals surface area contributed by atoms with Gasteiger partial charge >= 0.3 is 47.5 Å². The fourth-order valence-corrected chi connectivity index (χ4v) is 1.88. The number of carboxylic acids is 2. The van der Waals surface area contributed by atoms with Gasteiger partial charge in [-0.1, -0.05) is 13.0 Å². The molecular formula is C14H22NaO6. The van der Waals surface area contributed by atoms with E-state index < -0.39 is 29.4 Å². The Morgan fingerprint density at radius 3 is 2.24 bits per heavy atom. The molecule has 0 aliphatic carbocycles. The van der Waals surface area contributed by atoms with Gasteiger partial charge in [0.2, 0.25) is 0 Å². The van der Waals surface area contributed by atoms with Gasteiger partial charge in [-0.15, -0.1) is 0 Å². The second-order valence-corrected chi connectivity index (χ2v) is 4.72. The number of carbonyl (C=O) groups is 3. The van der Waals surface area contributed by atoms with E-state index in [2.05, 4.69) is 13.5 Å². The zero-order chi connectivity index (χ0) is 15.8. The van der Waals surface area contributed by atoms with Crippen molar-refractivity contribution in [2.45, 2.75) is 44.6 Å². The minimum atomic E-state index is -1.24. The number of ether oxygens (including phenoxy) is 1. The molecule has 115 valence electrons. The molecule has 7 heteroatoms. The van der Waals surface area contributed by atoms with E-state index in [9.17, 15) is 19.5 Å². The molecule has 0 fully saturated rings. The van der Waals surface area contributed by atoms with E-state index in [1.54, 1.807) is 0 Å². The number of esters is 1. The van der Waals surface area contributed by atoms with Gasteiger partial charge in [0.05, 0.1) is 5.92 Å². The van der Waals surface area contributed by atoms with Gasteiger partial charge in [-0.25, -0.2) is 4.79 Å². The molecule has 0 amide bonds. The topological polar surface area (TPSA) is 101 Å². The van der Waals surface area contributed by atoms with Crippen LogP contribution in [0.15, 0.2) is 12.7 Å². The molecule has 6 nitrogen and oxygen atoms in total. The molecule has 1 radical (unpaired) electrons. The van der Waals surface area contributed by atoms with Crippen LogP contribution in [0.4, 0.5) is 0 Å². The molecule has 2 N–H and O–H groups in total. The second-order valence-electron chi connectivity index (χ2n) is 4.72. The van der Waals surface area contributed by atoms with Crippen LogP contribution in [0.2, 0.25) is 0 Å². The van der Waals surface area contributed by atoms with E-state index in [1.807, 2.05) is 0 Å². The van der Waals surface area contributed by atoms with Gasteiger partial charge in [-0.2, -0.15) is 0 Å². The average Bonchev–Trinajstić information content (AvgIpc) is 2.37. The maximum atomic E-state index is 11.3. The molecular weight excluding hydrogens is 287 g/mol. The Morgan fingerprint density at radius 1 is 1.29 bits per heavy atom. The molecule has 0 saturated carbocycles. The van der Waals surface area contributed by atoms with E-state index in [-0.39, 0.29) is 48.8 Å². The van der Waals surface area contributed by atoms with Crippen molar-refractivity contribution < 1.29 is 29.3 Å². The number of carboxylic acid groups (broad SMARTS) is 2. The summed E-state index contributed by atoms with van der Waals surface area (Å²) in [4.78, 5) is 33.0. The molecule has 0 aromatic rings. The van der Waals surface area contributed by atoms with E-state index in [0.717, 1.165) is 6.08 Å². The van der Waals surface area contributed by atoms with E-state index in [0.29, 0.717) is 12.8 Å². The van der Waals surface area contributed by atoms with Crippen LogP contribution in [0.1, 0.15) is 39.0 Å². The van der Waals surface area contributed by atoms with E-state index in [1.165, 1.54) is 6.92 Å². The zero-order valence-electron chi connectivity index (χ0n) is 11.6. The standard InChI is InChI=1S/C14H21O6.Na.H/c1-4-12(17)20-14(3,5-2)10(13(18)19)8-6-7-9-11(15)16;;/h4,10H,1-2,5-9H2,3H3,(H,15,16)(H,18,19);;. The summed E-state index contributed by atoms with van der Waals surface area (Å²) in [5, 5.41) is 17.8. The van der Waals surface area contributed by atoms with E-state index in [4.69, 9.17) is 9.84 Å². The number of aliphatic carboxylic acids is 2. The summed E-state index contributed by atoms with van der Waals surface area (Å²) in [5.74, 6) is -3.65. The molecule has 0 spiro atoms. The summed E-state index contributed by atoms with van der Waals surface area (Å²) in [6.07, 6.45) is 2.07. The number of hydrogen-bond donors (Lipinski definition) is 2. The van der Waals surface area contributed by atoms with Gasteiger partial charge < -0.3 is 14.9 Å². The molecule has 0 rings (SSSR count). The van der Waals surface area contributed by atoms with Crippen LogP contribution in [-0.4, -0.2) is 63.3 Å². The van der Waals surface area contributed by atoms with Crippen LogP contribution in [0, 0.1) is 12.8 Å². The fourth-order valence-electron chi connectivity index (χ4n) is 1.88. The van der Waals surface area contributed by atoms with E-state index >= 15 is 0 Å². The van der Waals surface area contributed by atoms with Crippen molar-refractivity contribution >= 4 is 47.5 Å². The van der Waals surface area contributed by atoms with Crippen LogP contribution in [0.25, 0.3) is 0 Å². The third kappa shape index (κ3) is 8.24. The summed E-state index contributed by atoms with van der Waals surface area (Å²) >= 11 is 0. The molecule has 0 bridgehead atoms. The Balaban J connectivity index is 0. The first-order chi connectivity index (χ1) is 9.26. The molecule has 0 aliphatic heterocycles. The predicted molar refractivity (Wildman–Crippen MR) is 79.0 cm³/mol. The van der Waals surface area contributed by atoms with Crippen molar-refractivity contribution in [2.24, 2.45) is 5.92 Å². The average molecular weight is 309 g/mol. The Kier molecular flexibility index (Phi) is 11.6. The van der Waals surface area contributed by atoms with Crippen molar-refractivity contribution in [2.75, 3.05) is 0 Å². The molecule has 0 aliphatic rings. The van der Waals surface area contributed by atoms with Gasteiger partial charge in [-0.3, -0.25) is 9.59 Å². The minimum absolute atomic E-state index is 0. The zero-order valence-corrected chi connectivity index (χ0v) is 11.6. The first-order valence-electron chi connectivity index (χ1n) is 6.36. The number of hydrogen-bond acceptors (Lipinski definition) is 4. The third-order valence-electron chi connectivity index (χ3n) is 3.17. The van der Waals surface area contributed by atoms with Crippen molar-refractivity contribution in [1.82, 2.24) is 0 Å².